The van der Waals surface area contributed by atoms with Gasteiger partial charge >= 0.3 is 0 Å². The van der Waals surface area contributed by atoms with Crippen LogP contribution in [0, 0.1) is 6.92 Å². The Labute approximate surface area is 170 Å². The molecule has 28 heavy (non-hydrogen) atoms. The maximum atomic E-state index is 12.9. The van der Waals surface area contributed by atoms with Crippen molar-refractivity contribution >= 4 is 27.5 Å². The zero-order chi connectivity index (χ0) is 19.5. The number of nitrogens with zero attached hydrogens (tertiary/aromatic N) is 2. The number of aryl methyl sites for hydroxylation is 1. The molecule has 0 aliphatic carbocycles. The van der Waals surface area contributed by atoms with E-state index in [-0.39, 0.29) is 5.91 Å². The predicted octanol–water partition coefficient (Wildman–Crippen LogP) is 3.03. The summed E-state index contributed by atoms with van der Waals surface area (Å²) >= 11 is 1.78. The molecule has 4 nitrogen and oxygen atoms in total. The minimum absolute atomic E-state index is 0.261. The number of quaternary nitrogens is 1. The van der Waals surface area contributed by atoms with Crippen molar-refractivity contribution in [2.75, 3.05) is 26.7 Å². The molecule has 0 bridgehead atoms. The van der Waals surface area contributed by atoms with Crippen molar-refractivity contribution in [3.8, 4) is 0 Å². The summed E-state index contributed by atoms with van der Waals surface area (Å²) in [6.07, 6.45) is 2.18. The van der Waals surface area contributed by atoms with Crippen LogP contribution in [-0.2, 0) is 11.3 Å². The molecule has 4 rings (SSSR count). The highest BCUT2D eigenvalue weighted by atomic mass is 32.1. The van der Waals surface area contributed by atoms with Gasteiger partial charge < -0.3 is 9.80 Å². The Morgan fingerprint density at radius 3 is 2.82 bits per heavy atom. The lowest BCUT2D eigenvalue weighted by molar-refractivity contribution is -0.885. The molecule has 0 radical (unpaired) electrons. The fourth-order valence-electron chi connectivity index (χ4n) is 4.04. The van der Waals surface area contributed by atoms with E-state index in [1.165, 1.54) is 25.7 Å². The van der Waals surface area contributed by atoms with Crippen molar-refractivity contribution in [3.63, 3.8) is 0 Å². The molecule has 1 aromatic heterocycles. The van der Waals surface area contributed by atoms with E-state index >= 15 is 0 Å². The van der Waals surface area contributed by atoms with Gasteiger partial charge in [0.25, 0.3) is 5.91 Å². The Bertz CT molecular complexity index is 934. The van der Waals surface area contributed by atoms with E-state index in [2.05, 4.69) is 61.3 Å². The van der Waals surface area contributed by atoms with Crippen molar-refractivity contribution in [1.82, 2.24) is 9.88 Å². The number of carbonyl (C=O) groups is 1. The zero-order valence-electron chi connectivity index (χ0n) is 16.6. The molecule has 0 spiro atoms. The molecule has 146 valence electrons. The van der Waals surface area contributed by atoms with Crippen molar-refractivity contribution in [2.45, 2.75) is 32.2 Å². The van der Waals surface area contributed by atoms with Crippen LogP contribution in [0.25, 0.3) is 10.2 Å². The number of hydrogen-bond donors (Lipinski definition) is 1. The molecule has 5 heteroatoms. The Balaban J connectivity index is 1.38. The summed E-state index contributed by atoms with van der Waals surface area (Å²) in [6, 6.07) is 16.7. The van der Waals surface area contributed by atoms with Gasteiger partial charge in [0, 0.05) is 24.6 Å². The smallest absolute Gasteiger partial charge is 0.277 e. The lowest BCUT2D eigenvalue weighted by Crippen LogP contribution is -3.09. The first kappa shape index (κ1) is 19.1. The zero-order valence-corrected chi connectivity index (χ0v) is 17.5. The van der Waals surface area contributed by atoms with Gasteiger partial charge in [0.15, 0.2) is 6.54 Å². The highest BCUT2D eigenvalue weighted by molar-refractivity contribution is 7.18. The molecule has 0 saturated carbocycles. The molecular weight excluding hydrogens is 366 g/mol. The molecule has 1 aliphatic rings. The maximum Gasteiger partial charge on any atom is 0.277 e. The van der Waals surface area contributed by atoms with Crippen LogP contribution < -0.4 is 4.90 Å². The molecular formula is C23H28N3OS+. The number of para-hydroxylation sites is 1. The standard InChI is InChI=1S/C23H27N3OS/c1-17-8-3-4-9-18(17)14-25(2)16-22(27)26-13-7-10-19(15-26)23-24-20-11-5-6-12-21(20)28-23/h3-6,8-9,11-12,19H,7,10,13-16H2,1-2H3/p+1/t19-/m1/s1. The molecule has 1 aliphatic heterocycles. The highest BCUT2D eigenvalue weighted by Crippen LogP contribution is 2.32. The monoisotopic (exact) mass is 394 g/mol. The van der Waals surface area contributed by atoms with Crippen molar-refractivity contribution < 1.29 is 9.69 Å². The number of rotatable bonds is 5. The number of likely N-dealkylation sites (tertiary alicyclic amines) is 1. The first-order valence-electron chi connectivity index (χ1n) is 10.1. The minimum Gasteiger partial charge on any atom is -0.337 e. The third kappa shape index (κ3) is 4.26. The van der Waals surface area contributed by atoms with E-state index in [0.717, 1.165) is 38.0 Å². The fraction of sp³-hybridized carbons (Fsp3) is 0.391. The average Bonchev–Trinajstić information content (AvgIpc) is 3.14. The molecule has 2 aromatic carbocycles. The topological polar surface area (TPSA) is 37.6 Å². The van der Waals surface area contributed by atoms with E-state index < -0.39 is 0 Å². The number of amides is 1. The first-order valence-corrected chi connectivity index (χ1v) is 10.9. The Morgan fingerprint density at radius 2 is 2.00 bits per heavy atom. The number of fused-ring (bicyclic) bond motifs is 1. The summed E-state index contributed by atoms with van der Waals surface area (Å²) < 4.78 is 1.24. The molecule has 2 atom stereocenters. The number of benzene rings is 2. The lowest BCUT2D eigenvalue weighted by atomic mass is 9.98. The molecule has 1 amide bonds. The number of aromatic nitrogens is 1. The van der Waals surface area contributed by atoms with Gasteiger partial charge in [-0.3, -0.25) is 4.79 Å². The van der Waals surface area contributed by atoms with Gasteiger partial charge in [-0.15, -0.1) is 11.3 Å². The van der Waals surface area contributed by atoms with Gasteiger partial charge in [-0.25, -0.2) is 4.98 Å². The quantitative estimate of drug-likeness (QED) is 0.722. The number of thiazole rings is 1. The molecule has 2 heterocycles. The summed E-state index contributed by atoms with van der Waals surface area (Å²) in [5.74, 6) is 0.628. The van der Waals surface area contributed by atoms with Gasteiger partial charge in [0.05, 0.1) is 22.3 Å². The molecule has 1 saturated heterocycles. The van der Waals surface area contributed by atoms with Crippen LogP contribution in [0.15, 0.2) is 48.5 Å². The van der Waals surface area contributed by atoms with Crippen LogP contribution in [0.2, 0.25) is 0 Å². The number of piperidine rings is 1. The predicted molar refractivity (Wildman–Crippen MR) is 115 cm³/mol. The number of hydrogen-bond acceptors (Lipinski definition) is 3. The van der Waals surface area contributed by atoms with E-state index in [1.807, 2.05) is 6.07 Å². The second-order valence-corrected chi connectivity index (χ2v) is 9.00. The summed E-state index contributed by atoms with van der Waals surface area (Å²) in [6.45, 7) is 5.24. The van der Waals surface area contributed by atoms with E-state index in [0.29, 0.717) is 12.5 Å². The molecule has 1 N–H and O–H groups in total. The Morgan fingerprint density at radius 1 is 1.21 bits per heavy atom. The molecule has 1 unspecified atom stereocenters. The minimum atomic E-state index is 0.261. The van der Waals surface area contributed by atoms with Crippen LogP contribution >= 0.6 is 11.3 Å². The van der Waals surface area contributed by atoms with Gasteiger partial charge in [0.2, 0.25) is 0 Å². The Hall–Kier alpha value is -2.24. The highest BCUT2D eigenvalue weighted by Gasteiger charge is 2.28. The van der Waals surface area contributed by atoms with Gasteiger partial charge in [0.1, 0.15) is 6.54 Å². The van der Waals surface area contributed by atoms with Gasteiger partial charge in [-0.1, -0.05) is 36.4 Å². The lowest BCUT2D eigenvalue weighted by Gasteiger charge is -2.32. The molecule has 3 aromatic rings. The van der Waals surface area contributed by atoms with E-state index in [4.69, 9.17) is 4.98 Å². The number of likely N-dealkylation sites (N-methyl/N-ethyl adjacent to an activating group) is 1. The second-order valence-electron chi connectivity index (χ2n) is 7.94. The average molecular weight is 395 g/mol. The van der Waals surface area contributed by atoms with Crippen molar-refractivity contribution in [2.24, 2.45) is 0 Å². The number of carbonyl (C=O) groups excluding carboxylic acids is 1. The largest absolute Gasteiger partial charge is 0.337 e. The third-order valence-corrected chi connectivity index (χ3v) is 6.84. The molecule has 1 fully saturated rings. The fourth-order valence-corrected chi connectivity index (χ4v) is 5.13. The maximum absolute atomic E-state index is 12.9. The Kier molecular flexibility index (Phi) is 5.74. The SMILES string of the molecule is Cc1ccccc1C[NH+](C)CC(=O)N1CCC[C@@H](c2nc3ccccc3s2)C1. The van der Waals surface area contributed by atoms with Crippen LogP contribution in [-0.4, -0.2) is 42.5 Å². The normalized spacial score (nSPS) is 18.4. The van der Waals surface area contributed by atoms with Crippen LogP contribution in [0.3, 0.4) is 0 Å². The van der Waals surface area contributed by atoms with Crippen molar-refractivity contribution in [3.05, 3.63) is 64.7 Å². The third-order valence-electron chi connectivity index (χ3n) is 5.64. The second kappa shape index (κ2) is 8.41. The van der Waals surface area contributed by atoms with E-state index in [9.17, 15) is 4.79 Å². The van der Waals surface area contributed by atoms with Crippen LogP contribution in [0.5, 0.6) is 0 Å². The summed E-state index contributed by atoms with van der Waals surface area (Å²) in [7, 11) is 2.11. The summed E-state index contributed by atoms with van der Waals surface area (Å²) in [5.41, 5.74) is 3.69. The van der Waals surface area contributed by atoms with Crippen LogP contribution in [0.4, 0.5) is 0 Å². The number of nitrogens with one attached hydrogen (secondary N) is 1. The summed E-state index contributed by atoms with van der Waals surface area (Å²) in [4.78, 5) is 21.0. The van der Waals surface area contributed by atoms with Crippen molar-refractivity contribution in [1.29, 1.82) is 0 Å². The van der Waals surface area contributed by atoms with Crippen LogP contribution in [0.1, 0.15) is 34.9 Å². The first-order chi connectivity index (χ1) is 13.6. The summed E-state index contributed by atoms with van der Waals surface area (Å²) in [5, 5.41) is 1.18. The van der Waals surface area contributed by atoms with Gasteiger partial charge in [-0.05, 0) is 37.5 Å². The van der Waals surface area contributed by atoms with Gasteiger partial charge in [-0.2, -0.15) is 0 Å². The van der Waals surface area contributed by atoms with E-state index in [1.54, 1.807) is 11.3 Å².